The van der Waals surface area contributed by atoms with Crippen molar-refractivity contribution in [1.82, 2.24) is 4.98 Å². The average Bonchev–Trinajstić information content (AvgIpc) is 2.04. The Labute approximate surface area is 71.6 Å². The molecule has 1 amide bonds. The third kappa shape index (κ3) is 1.81. The molecule has 2 N–H and O–H groups in total. The molecule has 0 fully saturated rings. The lowest BCUT2D eigenvalue weighted by Crippen LogP contribution is -2.11. The number of carbonyl (C=O) groups is 1. The molecule has 0 saturated heterocycles. The van der Waals surface area contributed by atoms with Crippen molar-refractivity contribution in [3.8, 4) is 0 Å². The molecule has 64 valence electrons. The molecule has 1 aromatic heterocycles. The first-order valence-corrected chi connectivity index (χ1v) is 3.87. The molecule has 12 heavy (non-hydrogen) atoms. The summed E-state index contributed by atoms with van der Waals surface area (Å²) in [5.74, 6) is -0.0800. The summed E-state index contributed by atoms with van der Waals surface area (Å²) in [5, 5.41) is 0. The predicted octanol–water partition coefficient (Wildman–Crippen LogP) is 1.30. The second-order valence-corrected chi connectivity index (χ2v) is 2.99. The molecule has 0 atom stereocenters. The highest BCUT2D eigenvalue weighted by Gasteiger charge is 2.04. The van der Waals surface area contributed by atoms with E-state index in [1.807, 2.05) is 13.8 Å². The van der Waals surface area contributed by atoms with Crippen LogP contribution in [0.1, 0.15) is 35.8 Å². The molecular formula is C9H12N2O. The fraction of sp³-hybridized carbons (Fsp3) is 0.333. The third-order valence-corrected chi connectivity index (χ3v) is 1.66. The first-order valence-electron chi connectivity index (χ1n) is 3.87. The highest BCUT2D eigenvalue weighted by atomic mass is 16.1. The molecule has 1 heterocycles. The summed E-state index contributed by atoms with van der Waals surface area (Å²) in [6, 6.07) is 3.35. The maximum Gasteiger partial charge on any atom is 0.248 e. The molecule has 1 rings (SSSR count). The first kappa shape index (κ1) is 8.71. The van der Waals surface area contributed by atoms with Gasteiger partial charge in [-0.25, -0.2) is 0 Å². The zero-order valence-corrected chi connectivity index (χ0v) is 7.24. The van der Waals surface area contributed by atoms with E-state index < -0.39 is 5.91 Å². The Morgan fingerprint density at radius 1 is 1.58 bits per heavy atom. The van der Waals surface area contributed by atoms with Crippen LogP contribution in [0.25, 0.3) is 0 Å². The lowest BCUT2D eigenvalue weighted by Gasteiger charge is -2.04. The second-order valence-electron chi connectivity index (χ2n) is 2.99. The largest absolute Gasteiger partial charge is 0.366 e. The number of rotatable bonds is 2. The number of carbonyl (C=O) groups excluding carboxylic acids is 1. The molecule has 0 aliphatic carbocycles. The van der Waals surface area contributed by atoms with Gasteiger partial charge in [-0.15, -0.1) is 0 Å². The van der Waals surface area contributed by atoms with Crippen molar-refractivity contribution < 1.29 is 4.79 Å². The van der Waals surface area contributed by atoms with Gasteiger partial charge < -0.3 is 5.73 Å². The molecule has 0 spiro atoms. The van der Waals surface area contributed by atoms with Crippen molar-refractivity contribution in [3.63, 3.8) is 0 Å². The van der Waals surface area contributed by atoms with E-state index >= 15 is 0 Å². The Morgan fingerprint density at radius 3 is 2.75 bits per heavy atom. The Balaban J connectivity index is 3.04. The van der Waals surface area contributed by atoms with Crippen LogP contribution in [0, 0.1) is 0 Å². The van der Waals surface area contributed by atoms with Crippen molar-refractivity contribution in [2.75, 3.05) is 0 Å². The molecule has 3 nitrogen and oxygen atoms in total. The Morgan fingerprint density at radius 2 is 2.25 bits per heavy atom. The minimum absolute atomic E-state index is 0.323. The van der Waals surface area contributed by atoms with Crippen molar-refractivity contribution in [2.45, 2.75) is 19.8 Å². The summed E-state index contributed by atoms with van der Waals surface area (Å²) < 4.78 is 0. The quantitative estimate of drug-likeness (QED) is 0.716. The summed E-state index contributed by atoms with van der Waals surface area (Å²) in [7, 11) is 0. The number of pyridine rings is 1. The minimum Gasteiger partial charge on any atom is -0.366 e. The Kier molecular flexibility index (Phi) is 2.43. The minimum atomic E-state index is -0.403. The lowest BCUT2D eigenvalue weighted by atomic mass is 10.1. The fourth-order valence-corrected chi connectivity index (χ4v) is 0.917. The van der Waals surface area contributed by atoms with Gasteiger partial charge in [-0.3, -0.25) is 9.78 Å². The van der Waals surface area contributed by atoms with E-state index in [1.165, 1.54) is 0 Å². The van der Waals surface area contributed by atoms with Crippen molar-refractivity contribution >= 4 is 5.91 Å². The fourth-order valence-electron chi connectivity index (χ4n) is 0.917. The number of primary amides is 1. The SMILES string of the molecule is CC(C)c1cc(C(N)=O)ccn1. The van der Waals surface area contributed by atoms with Crippen LogP contribution >= 0.6 is 0 Å². The molecule has 0 bridgehead atoms. The molecular weight excluding hydrogens is 152 g/mol. The predicted molar refractivity (Wildman–Crippen MR) is 46.8 cm³/mol. The number of hydrogen-bond acceptors (Lipinski definition) is 2. The molecule has 0 aromatic carbocycles. The molecule has 0 saturated carbocycles. The van der Waals surface area contributed by atoms with Crippen molar-refractivity contribution in [2.24, 2.45) is 5.73 Å². The zero-order chi connectivity index (χ0) is 9.14. The van der Waals surface area contributed by atoms with Gasteiger partial charge in [0.1, 0.15) is 0 Å². The van der Waals surface area contributed by atoms with Gasteiger partial charge in [0.25, 0.3) is 0 Å². The average molecular weight is 164 g/mol. The van der Waals surface area contributed by atoms with Gasteiger partial charge in [-0.2, -0.15) is 0 Å². The second kappa shape index (κ2) is 3.34. The third-order valence-electron chi connectivity index (χ3n) is 1.66. The van der Waals surface area contributed by atoms with Crippen LogP contribution in [0.3, 0.4) is 0 Å². The van der Waals surface area contributed by atoms with Crippen LogP contribution in [0.5, 0.6) is 0 Å². The number of nitrogens with zero attached hydrogens (tertiary/aromatic N) is 1. The zero-order valence-electron chi connectivity index (χ0n) is 7.24. The van der Waals surface area contributed by atoms with Gasteiger partial charge in [0.2, 0.25) is 5.91 Å². The van der Waals surface area contributed by atoms with Gasteiger partial charge in [0, 0.05) is 17.5 Å². The summed E-state index contributed by atoms with van der Waals surface area (Å²) in [4.78, 5) is 14.9. The van der Waals surface area contributed by atoms with Crippen molar-refractivity contribution in [1.29, 1.82) is 0 Å². The van der Waals surface area contributed by atoms with E-state index in [0.29, 0.717) is 11.5 Å². The molecule has 0 radical (unpaired) electrons. The standard InChI is InChI=1S/C9H12N2O/c1-6(2)8-5-7(9(10)12)3-4-11-8/h3-6H,1-2H3,(H2,10,12). The maximum atomic E-state index is 10.8. The summed E-state index contributed by atoms with van der Waals surface area (Å²) in [5.41, 5.74) is 6.53. The van der Waals surface area contributed by atoms with Gasteiger partial charge in [0.05, 0.1) is 0 Å². The van der Waals surface area contributed by atoms with Crippen LogP contribution in [0.4, 0.5) is 0 Å². The number of aromatic nitrogens is 1. The monoisotopic (exact) mass is 164 g/mol. The van der Waals surface area contributed by atoms with E-state index in [0.717, 1.165) is 5.69 Å². The van der Waals surface area contributed by atoms with E-state index in [4.69, 9.17) is 5.73 Å². The van der Waals surface area contributed by atoms with Gasteiger partial charge in [0.15, 0.2) is 0 Å². The molecule has 1 aromatic rings. The summed E-state index contributed by atoms with van der Waals surface area (Å²) in [6.07, 6.45) is 1.61. The molecule has 0 aliphatic heterocycles. The van der Waals surface area contributed by atoms with Gasteiger partial charge >= 0.3 is 0 Å². The normalized spacial score (nSPS) is 10.2. The lowest BCUT2D eigenvalue weighted by molar-refractivity contribution is 0.1000. The van der Waals surface area contributed by atoms with Crippen LogP contribution < -0.4 is 5.73 Å². The van der Waals surface area contributed by atoms with Gasteiger partial charge in [-0.05, 0) is 18.1 Å². The molecule has 3 heteroatoms. The van der Waals surface area contributed by atoms with Crippen molar-refractivity contribution in [3.05, 3.63) is 29.6 Å². The van der Waals surface area contributed by atoms with Crippen LogP contribution in [-0.2, 0) is 0 Å². The molecule has 0 unspecified atom stereocenters. The van der Waals surface area contributed by atoms with E-state index in [2.05, 4.69) is 4.98 Å². The number of hydrogen-bond donors (Lipinski definition) is 1. The summed E-state index contributed by atoms with van der Waals surface area (Å²) in [6.45, 7) is 4.04. The summed E-state index contributed by atoms with van der Waals surface area (Å²) >= 11 is 0. The Hall–Kier alpha value is -1.38. The molecule has 0 aliphatic rings. The Bertz CT molecular complexity index is 294. The maximum absolute atomic E-state index is 10.8. The van der Waals surface area contributed by atoms with Gasteiger partial charge in [-0.1, -0.05) is 13.8 Å². The topological polar surface area (TPSA) is 56.0 Å². The van der Waals surface area contributed by atoms with Crippen LogP contribution in [0.2, 0.25) is 0 Å². The number of amides is 1. The highest BCUT2D eigenvalue weighted by molar-refractivity contribution is 5.92. The first-order chi connectivity index (χ1) is 5.61. The van der Waals surface area contributed by atoms with E-state index in [9.17, 15) is 4.79 Å². The number of nitrogens with two attached hydrogens (primary N) is 1. The van der Waals surface area contributed by atoms with E-state index in [-0.39, 0.29) is 0 Å². The smallest absolute Gasteiger partial charge is 0.248 e. The van der Waals surface area contributed by atoms with Crippen LogP contribution in [-0.4, -0.2) is 10.9 Å². The van der Waals surface area contributed by atoms with E-state index in [1.54, 1.807) is 18.3 Å². The highest BCUT2D eigenvalue weighted by Crippen LogP contribution is 2.11. The van der Waals surface area contributed by atoms with Crippen LogP contribution in [0.15, 0.2) is 18.3 Å².